The minimum absolute atomic E-state index is 0.224. The summed E-state index contributed by atoms with van der Waals surface area (Å²) in [5.41, 5.74) is 1.18. The molecule has 4 nitrogen and oxygen atoms in total. The summed E-state index contributed by atoms with van der Waals surface area (Å²) < 4.78 is 5.32. The maximum atomic E-state index is 12.1. The van der Waals surface area contributed by atoms with Crippen LogP contribution in [0.1, 0.15) is 17.3 Å². The lowest BCUT2D eigenvalue weighted by Gasteiger charge is -2.09. The summed E-state index contributed by atoms with van der Waals surface area (Å²) >= 11 is 0. The lowest BCUT2D eigenvalue weighted by atomic mass is 10.2. The molecule has 18 heavy (non-hydrogen) atoms. The number of aromatic nitrogens is 1. The lowest BCUT2D eigenvalue weighted by Crippen LogP contribution is -2.14. The van der Waals surface area contributed by atoms with Crippen LogP contribution in [-0.4, -0.2) is 17.5 Å². The maximum Gasteiger partial charge on any atom is 0.261 e. The van der Waals surface area contributed by atoms with E-state index < -0.39 is 0 Å². The van der Waals surface area contributed by atoms with Gasteiger partial charge in [0.05, 0.1) is 6.61 Å². The van der Waals surface area contributed by atoms with Crippen LogP contribution in [0, 0.1) is 0 Å². The van der Waals surface area contributed by atoms with E-state index >= 15 is 0 Å². The van der Waals surface area contributed by atoms with Crippen molar-refractivity contribution in [3.05, 3.63) is 54.2 Å². The summed E-state index contributed by atoms with van der Waals surface area (Å²) in [7, 11) is 0. The largest absolute Gasteiger partial charge is 0.477 e. The van der Waals surface area contributed by atoms with Gasteiger partial charge in [-0.05, 0) is 31.2 Å². The van der Waals surface area contributed by atoms with Gasteiger partial charge in [0.25, 0.3) is 5.91 Å². The fraction of sp³-hybridized carbons (Fsp3) is 0.143. The number of hydrogen-bond acceptors (Lipinski definition) is 3. The van der Waals surface area contributed by atoms with E-state index in [1.165, 1.54) is 0 Å². The Morgan fingerprint density at radius 3 is 2.72 bits per heavy atom. The van der Waals surface area contributed by atoms with Crippen LogP contribution in [0.5, 0.6) is 5.88 Å². The minimum Gasteiger partial charge on any atom is -0.477 e. The van der Waals surface area contributed by atoms with E-state index in [4.69, 9.17) is 4.74 Å². The zero-order valence-electron chi connectivity index (χ0n) is 10.1. The van der Waals surface area contributed by atoms with Crippen molar-refractivity contribution >= 4 is 11.6 Å². The fourth-order valence-electron chi connectivity index (χ4n) is 1.54. The minimum atomic E-state index is -0.224. The molecule has 0 radical (unpaired) electrons. The van der Waals surface area contributed by atoms with Gasteiger partial charge in [0, 0.05) is 11.9 Å². The molecule has 0 atom stereocenters. The second-order valence-electron chi connectivity index (χ2n) is 3.61. The summed E-state index contributed by atoms with van der Waals surface area (Å²) in [4.78, 5) is 16.1. The molecule has 0 aliphatic rings. The molecule has 0 aliphatic heterocycles. The number of hydrogen-bond donors (Lipinski definition) is 1. The van der Waals surface area contributed by atoms with Gasteiger partial charge in [-0.3, -0.25) is 4.79 Å². The average Bonchev–Trinajstić information content (AvgIpc) is 2.41. The highest BCUT2D eigenvalue weighted by molar-refractivity contribution is 6.05. The van der Waals surface area contributed by atoms with E-state index in [1.807, 2.05) is 37.3 Å². The normalized spacial score (nSPS) is 9.83. The number of carbonyl (C=O) groups excluding carboxylic acids is 1. The van der Waals surface area contributed by atoms with Gasteiger partial charge in [-0.25, -0.2) is 4.98 Å². The van der Waals surface area contributed by atoms with Crippen molar-refractivity contribution in [2.75, 3.05) is 11.9 Å². The predicted octanol–water partition coefficient (Wildman–Crippen LogP) is 2.73. The first-order valence-corrected chi connectivity index (χ1v) is 5.75. The van der Waals surface area contributed by atoms with Gasteiger partial charge >= 0.3 is 0 Å². The van der Waals surface area contributed by atoms with Crippen LogP contribution in [0.15, 0.2) is 48.7 Å². The Morgan fingerprint density at radius 1 is 1.22 bits per heavy atom. The molecular formula is C14H14N2O2. The molecule has 1 amide bonds. The van der Waals surface area contributed by atoms with E-state index in [0.29, 0.717) is 18.1 Å². The molecule has 0 aliphatic carbocycles. The van der Waals surface area contributed by atoms with Crippen LogP contribution >= 0.6 is 0 Å². The van der Waals surface area contributed by atoms with Gasteiger partial charge in [-0.15, -0.1) is 0 Å². The molecule has 1 heterocycles. The highest BCUT2D eigenvalue weighted by atomic mass is 16.5. The Labute approximate surface area is 106 Å². The first-order valence-electron chi connectivity index (χ1n) is 5.75. The molecule has 0 fully saturated rings. The number of amides is 1. The molecule has 1 aromatic heterocycles. The zero-order chi connectivity index (χ0) is 12.8. The third-order valence-corrected chi connectivity index (χ3v) is 2.33. The van der Waals surface area contributed by atoms with Gasteiger partial charge in [0.2, 0.25) is 5.88 Å². The van der Waals surface area contributed by atoms with E-state index in [0.717, 1.165) is 5.69 Å². The molecule has 0 unspecified atom stereocenters. The van der Waals surface area contributed by atoms with Gasteiger partial charge in [0.15, 0.2) is 0 Å². The molecule has 0 saturated heterocycles. The SMILES string of the molecule is CCOc1ncccc1C(=O)Nc1ccccc1. The summed E-state index contributed by atoms with van der Waals surface area (Å²) in [6, 6.07) is 12.7. The van der Waals surface area contributed by atoms with E-state index in [-0.39, 0.29) is 5.91 Å². The van der Waals surface area contributed by atoms with Crippen molar-refractivity contribution in [3.63, 3.8) is 0 Å². The molecule has 2 rings (SSSR count). The van der Waals surface area contributed by atoms with Crippen LogP contribution in [0.4, 0.5) is 5.69 Å². The van der Waals surface area contributed by atoms with Gasteiger partial charge in [-0.2, -0.15) is 0 Å². The topological polar surface area (TPSA) is 51.2 Å². The number of pyridine rings is 1. The summed E-state index contributed by atoms with van der Waals surface area (Å²) in [5, 5.41) is 2.80. The average molecular weight is 242 g/mol. The first-order chi connectivity index (χ1) is 8.81. The first kappa shape index (κ1) is 12.1. The monoisotopic (exact) mass is 242 g/mol. The molecule has 2 aromatic rings. The van der Waals surface area contributed by atoms with Crippen molar-refractivity contribution < 1.29 is 9.53 Å². The van der Waals surface area contributed by atoms with Crippen molar-refractivity contribution in [3.8, 4) is 5.88 Å². The van der Waals surface area contributed by atoms with Crippen molar-refractivity contribution in [2.24, 2.45) is 0 Å². The molecule has 1 aromatic carbocycles. The number of anilines is 1. The maximum absolute atomic E-state index is 12.1. The third kappa shape index (κ3) is 2.85. The van der Waals surface area contributed by atoms with E-state index in [9.17, 15) is 4.79 Å². The highest BCUT2D eigenvalue weighted by Crippen LogP contribution is 2.16. The molecular weight excluding hydrogens is 228 g/mol. The van der Waals surface area contributed by atoms with Crippen LogP contribution in [0.2, 0.25) is 0 Å². The van der Waals surface area contributed by atoms with Crippen LogP contribution in [0.25, 0.3) is 0 Å². The molecule has 4 heteroatoms. The number of carbonyl (C=O) groups is 1. The number of benzene rings is 1. The predicted molar refractivity (Wildman–Crippen MR) is 69.8 cm³/mol. The van der Waals surface area contributed by atoms with Crippen molar-refractivity contribution in [1.82, 2.24) is 4.98 Å². The summed E-state index contributed by atoms with van der Waals surface area (Å²) in [6.07, 6.45) is 1.60. The Hall–Kier alpha value is -2.36. The summed E-state index contributed by atoms with van der Waals surface area (Å²) in [5.74, 6) is 0.131. The molecule has 1 N–H and O–H groups in total. The fourth-order valence-corrected chi connectivity index (χ4v) is 1.54. The molecule has 92 valence electrons. The number of nitrogens with zero attached hydrogens (tertiary/aromatic N) is 1. The highest BCUT2D eigenvalue weighted by Gasteiger charge is 2.12. The lowest BCUT2D eigenvalue weighted by molar-refractivity contribution is 0.102. The quantitative estimate of drug-likeness (QED) is 0.896. The molecule has 0 saturated carbocycles. The van der Waals surface area contributed by atoms with Crippen LogP contribution in [-0.2, 0) is 0 Å². The molecule has 0 bridgehead atoms. The second kappa shape index (κ2) is 5.82. The third-order valence-electron chi connectivity index (χ3n) is 2.33. The van der Waals surface area contributed by atoms with E-state index in [2.05, 4.69) is 10.3 Å². The van der Waals surface area contributed by atoms with Crippen LogP contribution in [0.3, 0.4) is 0 Å². The van der Waals surface area contributed by atoms with Gasteiger partial charge < -0.3 is 10.1 Å². The number of para-hydroxylation sites is 1. The van der Waals surface area contributed by atoms with Gasteiger partial charge in [0.1, 0.15) is 5.56 Å². The van der Waals surface area contributed by atoms with E-state index in [1.54, 1.807) is 18.3 Å². The van der Waals surface area contributed by atoms with Crippen LogP contribution < -0.4 is 10.1 Å². The zero-order valence-corrected chi connectivity index (χ0v) is 10.1. The second-order valence-corrected chi connectivity index (χ2v) is 3.61. The summed E-state index contributed by atoms with van der Waals surface area (Å²) in [6.45, 7) is 2.33. The number of rotatable bonds is 4. The standard InChI is InChI=1S/C14H14N2O2/c1-2-18-14-12(9-6-10-15-14)13(17)16-11-7-4-3-5-8-11/h3-10H,2H2,1H3,(H,16,17). The van der Waals surface area contributed by atoms with Crippen molar-refractivity contribution in [2.45, 2.75) is 6.92 Å². The molecule has 0 spiro atoms. The Morgan fingerprint density at radius 2 is 2.00 bits per heavy atom. The number of ether oxygens (including phenoxy) is 1. The Kier molecular flexibility index (Phi) is 3.91. The Balaban J connectivity index is 2.19. The van der Waals surface area contributed by atoms with Gasteiger partial charge in [-0.1, -0.05) is 18.2 Å². The Bertz CT molecular complexity index is 526. The van der Waals surface area contributed by atoms with Crippen molar-refractivity contribution in [1.29, 1.82) is 0 Å². The number of nitrogens with one attached hydrogen (secondary N) is 1. The smallest absolute Gasteiger partial charge is 0.261 e.